The molecule has 1 aromatic rings. The van der Waals surface area contributed by atoms with Crippen molar-refractivity contribution in [3.8, 4) is 0 Å². The highest BCUT2D eigenvalue weighted by atomic mass is 19.1. The molecule has 2 fully saturated rings. The number of benzene rings is 1. The molecule has 3 rings (SSSR count). The molecule has 124 valence electrons. The fourth-order valence-electron chi connectivity index (χ4n) is 2.83. The van der Waals surface area contributed by atoms with E-state index in [1.165, 1.54) is 11.0 Å². The van der Waals surface area contributed by atoms with E-state index in [1.807, 2.05) is 0 Å². The zero-order valence-corrected chi connectivity index (χ0v) is 13.0. The van der Waals surface area contributed by atoms with E-state index in [0.29, 0.717) is 24.3 Å². The number of rotatable bonds is 4. The first-order valence-corrected chi connectivity index (χ1v) is 7.77. The maximum Gasteiger partial charge on any atom is 0.414 e. The summed E-state index contributed by atoms with van der Waals surface area (Å²) in [5.41, 5.74) is 0.988. The van der Waals surface area contributed by atoms with Gasteiger partial charge in [0, 0.05) is 6.54 Å². The molecule has 0 bridgehead atoms. The number of hydrogen-bond acceptors (Lipinski definition) is 4. The second kappa shape index (κ2) is 6.54. The molecule has 2 amide bonds. The van der Waals surface area contributed by atoms with Crippen LogP contribution in [0.3, 0.4) is 0 Å². The van der Waals surface area contributed by atoms with Crippen LogP contribution >= 0.6 is 0 Å². The van der Waals surface area contributed by atoms with Crippen LogP contribution in [-0.2, 0) is 9.53 Å². The fraction of sp³-hybridized carbons (Fsp3) is 0.500. The maximum atomic E-state index is 13.6. The number of aryl methyl sites for hydroxylation is 1. The topological polar surface area (TPSA) is 70.7 Å². The summed E-state index contributed by atoms with van der Waals surface area (Å²) in [6.07, 6.45) is -0.120. The minimum absolute atomic E-state index is 0.0191. The number of amides is 2. The van der Waals surface area contributed by atoms with Crippen LogP contribution in [0.1, 0.15) is 12.0 Å². The van der Waals surface area contributed by atoms with Crippen molar-refractivity contribution in [2.24, 2.45) is 5.92 Å². The van der Waals surface area contributed by atoms with Crippen molar-refractivity contribution in [3.05, 3.63) is 29.6 Å². The van der Waals surface area contributed by atoms with Gasteiger partial charge in [-0.2, -0.15) is 0 Å². The minimum atomic E-state index is -0.518. The molecule has 7 heteroatoms. The van der Waals surface area contributed by atoms with Gasteiger partial charge in [0.25, 0.3) is 0 Å². The van der Waals surface area contributed by atoms with Crippen LogP contribution in [0.4, 0.5) is 14.9 Å². The van der Waals surface area contributed by atoms with E-state index in [1.54, 1.807) is 19.1 Å². The molecule has 0 aliphatic carbocycles. The van der Waals surface area contributed by atoms with E-state index < -0.39 is 12.2 Å². The number of nitrogens with zero attached hydrogens (tertiary/aromatic N) is 1. The third kappa shape index (κ3) is 3.44. The molecule has 2 heterocycles. The molecule has 2 aliphatic heterocycles. The van der Waals surface area contributed by atoms with Crippen LogP contribution in [0.25, 0.3) is 0 Å². The van der Waals surface area contributed by atoms with Gasteiger partial charge in [-0.3, -0.25) is 9.69 Å². The Kier molecular flexibility index (Phi) is 4.47. The number of carbonyl (C=O) groups is 2. The van der Waals surface area contributed by atoms with Crippen LogP contribution < -0.4 is 15.5 Å². The molecule has 1 aromatic carbocycles. The normalized spacial score (nSPS) is 23.9. The zero-order chi connectivity index (χ0) is 16.4. The van der Waals surface area contributed by atoms with Gasteiger partial charge in [0.2, 0.25) is 5.91 Å². The van der Waals surface area contributed by atoms with E-state index >= 15 is 0 Å². The van der Waals surface area contributed by atoms with Crippen molar-refractivity contribution in [1.29, 1.82) is 0 Å². The molecule has 2 N–H and O–H groups in total. The third-order valence-corrected chi connectivity index (χ3v) is 4.28. The number of carbonyl (C=O) groups excluding carboxylic acids is 2. The van der Waals surface area contributed by atoms with E-state index in [-0.39, 0.29) is 24.2 Å². The monoisotopic (exact) mass is 321 g/mol. The first-order valence-electron chi connectivity index (χ1n) is 7.77. The number of cyclic esters (lactones) is 1. The molecule has 0 aromatic heterocycles. The molecule has 0 spiro atoms. The predicted molar refractivity (Wildman–Crippen MR) is 82.7 cm³/mol. The van der Waals surface area contributed by atoms with E-state index in [9.17, 15) is 14.0 Å². The second-order valence-corrected chi connectivity index (χ2v) is 5.98. The predicted octanol–water partition coefficient (Wildman–Crippen LogP) is 1.19. The molecule has 0 radical (unpaired) electrons. The summed E-state index contributed by atoms with van der Waals surface area (Å²) in [7, 11) is 0. The van der Waals surface area contributed by atoms with Crippen molar-refractivity contribution in [1.82, 2.24) is 10.6 Å². The van der Waals surface area contributed by atoms with Gasteiger partial charge < -0.3 is 15.4 Å². The van der Waals surface area contributed by atoms with Gasteiger partial charge in [-0.15, -0.1) is 0 Å². The molecular formula is C16H20FN3O3. The lowest BCUT2D eigenvalue weighted by atomic mass is 10.1. The number of nitrogens with one attached hydrogen (secondary N) is 2. The summed E-state index contributed by atoms with van der Waals surface area (Å²) in [5, 5.41) is 5.96. The minimum Gasteiger partial charge on any atom is -0.442 e. The Balaban J connectivity index is 1.56. The Morgan fingerprint density at radius 2 is 2.35 bits per heavy atom. The van der Waals surface area contributed by atoms with E-state index in [2.05, 4.69) is 10.6 Å². The first kappa shape index (κ1) is 15.7. The highest BCUT2D eigenvalue weighted by Crippen LogP contribution is 2.23. The molecule has 2 atom stereocenters. The Morgan fingerprint density at radius 3 is 3.04 bits per heavy atom. The summed E-state index contributed by atoms with van der Waals surface area (Å²) in [6, 6.07) is 4.63. The Morgan fingerprint density at radius 1 is 1.52 bits per heavy atom. The SMILES string of the molecule is Cc1ccc(N2C[C@@H](CNC(=O)C3CCNC3)OC2=O)cc1F. The quantitative estimate of drug-likeness (QED) is 0.874. The lowest BCUT2D eigenvalue weighted by Gasteiger charge is -2.14. The van der Waals surface area contributed by atoms with Crippen molar-refractivity contribution >= 4 is 17.7 Å². The van der Waals surface area contributed by atoms with Gasteiger partial charge in [-0.25, -0.2) is 9.18 Å². The summed E-state index contributed by atoms with van der Waals surface area (Å²) < 4.78 is 18.9. The lowest BCUT2D eigenvalue weighted by Crippen LogP contribution is -2.38. The molecular weight excluding hydrogens is 301 g/mol. The maximum absolute atomic E-state index is 13.6. The Hall–Kier alpha value is -2.15. The average molecular weight is 321 g/mol. The van der Waals surface area contributed by atoms with Gasteiger partial charge in [0.05, 0.1) is 24.7 Å². The van der Waals surface area contributed by atoms with Crippen molar-refractivity contribution in [2.75, 3.05) is 31.1 Å². The van der Waals surface area contributed by atoms with Gasteiger partial charge in [0.1, 0.15) is 11.9 Å². The van der Waals surface area contributed by atoms with Crippen LogP contribution in [0.5, 0.6) is 0 Å². The Labute approximate surface area is 134 Å². The van der Waals surface area contributed by atoms with Gasteiger partial charge >= 0.3 is 6.09 Å². The zero-order valence-electron chi connectivity index (χ0n) is 13.0. The van der Waals surface area contributed by atoms with Crippen molar-refractivity contribution in [3.63, 3.8) is 0 Å². The second-order valence-electron chi connectivity index (χ2n) is 5.98. The van der Waals surface area contributed by atoms with Crippen LogP contribution in [-0.4, -0.2) is 44.3 Å². The highest BCUT2D eigenvalue weighted by molar-refractivity contribution is 5.89. The number of anilines is 1. The van der Waals surface area contributed by atoms with Gasteiger partial charge in [-0.1, -0.05) is 6.07 Å². The molecule has 23 heavy (non-hydrogen) atoms. The standard InChI is InChI=1S/C16H20FN3O3/c1-10-2-3-12(6-14(10)17)20-9-13(23-16(20)22)8-19-15(21)11-4-5-18-7-11/h2-3,6,11,13,18H,4-5,7-9H2,1H3,(H,19,21)/t11?,13-/m1/s1. The van der Waals surface area contributed by atoms with Crippen LogP contribution in [0.15, 0.2) is 18.2 Å². The third-order valence-electron chi connectivity index (χ3n) is 4.28. The Bertz CT molecular complexity index is 617. The van der Waals surface area contributed by atoms with Crippen molar-refractivity contribution in [2.45, 2.75) is 19.4 Å². The summed E-state index contributed by atoms with van der Waals surface area (Å²) in [4.78, 5) is 25.3. The number of hydrogen-bond donors (Lipinski definition) is 2. The number of halogens is 1. The molecule has 6 nitrogen and oxygen atoms in total. The molecule has 1 unspecified atom stereocenters. The summed E-state index contributed by atoms with van der Waals surface area (Å²) in [5.74, 6) is -0.402. The number of ether oxygens (including phenoxy) is 1. The lowest BCUT2D eigenvalue weighted by molar-refractivity contribution is -0.124. The fourth-order valence-corrected chi connectivity index (χ4v) is 2.83. The molecule has 2 aliphatic rings. The van der Waals surface area contributed by atoms with Crippen LogP contribution in [0.2, 0.25) is 0 Å². The molecule has 2 saturated heterocycles. The van der Waals surface area contributed by atoms with E-state index in [0.717, 1.165) is 13.0 Å². The van der Waals surface area contributed by atoms with Crippen LogP contribution in [0, 0.1) is 18.7 Å². The van der Waals surface area contributed by atoms with Crippen molar-refractivity contribution < 1.29 is 18.7 Å². The average Bonchev–Trinajstić information content (AvgIpc) is 3.17. The largest absolute Gasteiger partial charge is 0.442 e. The molecule has 0 saturated carbocycles. The van der Waals surface area contributed by atoms with Gasteiger partial charge in [-0.05, 0) is 37.6 Å². The first-order chi connectivity index (χ1) is 11.0. The smallest absolute Gasteiger partial charge is 0.414 e. The highest BCUT2D eigenvalue weighted by Gasteiger charge is 2.33. The summed E-state index contributed by atoms with van der Waals surface area (Å²) >= 11 is 0. The summed E-state index contributed by atoms with van der Waals surface area (Å²) in [6.45, 7) is 3.77. The van der Waals surface area contributed by atoms with Gasteiger partial charge in [0.15, 0.2) is 0 Å². The van der Waals surface area contributed by atoms with E-state index in [4.69, 9.17) is 4.74 Å².